The van der Waals surface area contributed by atoms with E-state index in [1.165, 1.54) is 0 Å². The van der Waals surface area contributed by atoms with Gasteiger partial charge in [-0.1, -0.05) is 25.1 Å². The number of para-hydroxylation sites is 1. The second kappa shape index (κ2) is 8.40. The number of carbonyl (C=O) groups is 2. The van der Waals surface area contributed by atoms with E-state index in [1.807, 2.05) is 30.3 Å². The van der Waals surface area contributed by atoms with Crippen molar-refractivity contribution in [1.29, 1.82) is 0 Å². The lowest BCUT2D eigenvalue weighted by Crippen LogP contribution is -2.58. The second-order valence-electron chi connectivity index (χ2n) is 8.19. The summed E-state index contributed by atoms with van der Waals surface area (Å²) in [6.07, 6.45) is 0.288. The van der Waals surface area contributed by atoms with E-state index < -0.39 is 0 Å². The number of carbonyl (C=O) groups excluding carboxylic acids is 2. The van der Waals surface area contributed by atoms with Gasteiger partial charge in [-0.05, 0) is 32.5 Å². The molecule has 1 atom stereocenters. The van der Waals surface area contributed by atoms with Gasteiger partial charge in [0.2, 0.25) is 11.8 Å². The van der Waals surface area contributed by atoms with Crippen molar-refractivity contribution in [2.45, 2.75) is 32.7 Å². The SMILES string of the molecule is CCN1CCN(C(C)(C)CNC(=O)C2CC(=O)N(c3ccccc3)C2)CC1. The van der Waals surface area contributed by atoms with Crippen LogP contribution in [0.15, 0.2) is 30.3 Å². The van der Waals surface area contributed by atoms with Crippen LogP contribution in [-0.4, -0.2) is 73.0 Å². The first-order valence-corrected chi connectivity index (χ1v) is 10.0. The Hall–Kier alpha value is -1.92. The zero-order chi connectivity index (χ0) is 19.4. The first-order valence-electron chi connectivity index (χ1n) is 10.0. The number of rotatable bonds is 6. The molecule has 0 saturated carbocycles. The summed E-state index contributed by atoms with van der Waals surface area (Å²) in [6, 6.07) is 9.58. The third-order valence-corrected chi connectivity index (χ3v) is 5.93. The summed E-state index contributed by atoms with van der Waals surface area (Å²) in [5.41, 5.74) is 0.781. The molecular formula is C21H32N4O2. The number of hydrogen-bond donors (Lipinski definition) is 1. The maximum Gasteiger partial charge on any atom is 0.227 e. The van der Waals surface area contributed by atoms with E-state index in [0.717, 1.165) is 38.4 Å². The standard InChI is InChI=1S/C21H32N4O2/c1-4-23-10-12-24(13-11-23)21(2,3)16-22-20(27)17-14-19(26)25(15-17)18-8-6-5-7-9-18/h5-9,17H,4,10-16H2,1-3H3,(H,22,27). The zero-order valence-electron chi connectivity index (χ0n) is 16.8. The molecule has 2 fully saturated rings. The normalized spacial score (nSPS) is 22.3. The molecule has 2 saturated heterocycles. The summed E-state index contributed by atoms with van der Waals surface area (Å²) in [6.45, 7) is 12.9. The Labute approximate surface area is 162 Å². The summed E-state index contributed by atoms with van der Waals surface area (Å²) in [5, 5.41) is 3.11. The van der Waals surface area contributed by atoms with Gasteiger partial charge in [0, 0.05) is 56.9 Å². The third-order valence-electron chi connectivity index (χ3n) is 5.93. The quantitative estimate of drug-likeness (QED) is 0.824. The topological polar surface area (TPSA) is 55.9 Å². The number of hydrogen-bond acceptors (Lipinski definition) is 4. The Morgan fingerprint density at radius 1 is 1.15 bits per heavy atom. The lowest BCUT2D eigenvalue weighted by atomic mass is 10.0. The minimum absolute atomic E-state index is 0.0120. The highest BCUT2D eigenvalue weighted by atomic mass is 16.2. The van der Waals surface area contributed by atoms with Crippen LogP contribution in [0.4, 0.5) is 5.69 Å². The number of nitrogens with one attached hydrogen (secondary N) is 1. The Balaban J connectivity index is 1.51. The lowest BCUT2D eigenvalue weighted by molar-refractivity contribution is -0.126. The molecule has 2 amide bonds. The maximum absolute atomic E-state index is 12.7. The molecule has 0 spiro atoms. The largest absolute Gasteiger partial charge is 0.354 e. The number of benzene rings is 1. The van der Waals surface area contributed by atoms with Gasteiger partial charge < -0.3 is 15.1 Å². The van der Waals surface area contributed by atoms with Gasteiger partial charge in [-0.2, -0.15) is 0 Å². The molecule has 1 unspecified atom stereocenters. The van der Waals surface area contributed by atoms with Gasteiger partial charge in [0.25, 0.3) is 0 Å². The van der Waals surface area contributed by atoms with Crippen molar-refractivity contribution in [2.75, 3.05) is 50.7 Å². The zero-order valence-corrected chi connectivity index (χ0v) is 16.8. The van der Waals surface area contributed by atoms with Gasteiger partial charge >= 0.3 is 0 Å². The van der Waals surface area contributed by atoms with Crippen LogP contribution in [0.2, 0.25) is 0 Å². The van der Waals surface area contributed by atoms with E-state index in [2.05, 4.69) is 35.9 Å². The fourth-order valence-corrected chi connectivity index (χ4v) is 3.97. The van der Waals surface area contributed by atoms with Crippen molar-refractivity contribution >= 4 is 17.5 Å². The van der Waals surface area contributed by atoms with Crippen molar-refractivity contribution in [2.24, 2.45) is 5.92 Å². The average Bonchev–Trinajstić information content (AvgIpc) is 3.08. The minimum atomic E-state index is -0.273. The highest BCUT2D eigenvalue weighted by molar-refractivity contribution is 6.00. The first kappa shape index (κ1) is 19.8. The Bertz CT molecular complexity index is 653. The molecule has 1 aromatic rings. The number of nitrogens with zero attached hydrogens (tertiary/aromatic N) is 3. The van der Waals surface area contributed by atoms with E-state index in [1.54, 1.807) is 4.90 Å². The number of likely N-dealkylation sites (N-methyl/N-ethyl adjacent to an activating group) is 1. The molecule has 0 aromatic heterocycles. The van der Waals surface area contributed by atoms with Gasteiger partial charge in [0.05, 0.1) is 5.92 Å². The van der Waals surface area contributed by atoms with E-state index in [-0.39, 0.29) is 29.7 Å². The molecule has 27 heavy (non-hydrogen) atoms. The minimum Gasteiger partial charge on any atom is -0.354 e. The van der Waals surface area contributed by atoms with Gasteiger partial charge in [-0.3, -0.25) is 14.5 Å². The van der Waals surface area contributed by atoms with Crippen LogP contribution in [0, 0.1) is 5.92 Å². The van der Waals surface area contributed by atoms with Crippen molar-refractivity contribution in [3.05, 3.63) is 30.3 Å². The Kier molecular flexibility index (Phi) is 6.17. The highest BCUT2D eigenvalue weighted by Crippen LogP contribution is 2.25. The second-order valence-corrected chi connectivity index (χ2v) is 8.19. The highest BCUT2D eigenvalue weighted by Gasteiger charge is 2.36. The molecule has 6 nitrogen and oxygen atoms in total. The number of anilines is 1. The van der Waals surface area contributed by atoms with E-state index >= 15 is 0 Å². The molecule has 2 heterocycles. The van der Waals surface area contributed by atoms with Crippen LogP contribution >= 0.6 is 0 Å². The summed E-state index contributed by atoms with van der Waals surface area (Å²) >= 11 is 0. The summed E-state index contributed by atoms with van der Waals surface area (Å²) in [7, 11) is 0. The Morgan fingerprint density at radius 3 is 2.44 bits per heavy atom. The van der Waals surface area contributed by atoms with Crippen LogP contribution in [0.5, 0.6) is 0 Å². The summed E-state index contributed by atoms with van der Waals surface area (Å²) in [4.78, 5) is 31.6. The van der Waals surface area contributed by atoms with Crippen LogP contribution in [-0.2, 0) is 9.59 Å². The van der Waals surface area contributed by atoms with Crippen molar-refractivity contribution in [1.82, 2.24) is 15.1 Å². The summed E-state index contributed by atoms with van der Waals surface area (Å²) in [5.74, 6) is -0.260. The molecule has 0 bridgehead atoms. The fraction of sp³-hybridized carbons (Fsp3) is 0.619. The maximum atomic E-state index is 12.7. The van der Waals surface area contributed by atoms with Crippen LogP contribution in [0.25, 0.3) is 0 Å². The van der Waals surface area contributed by atoms with Crippen molar-refractivity contribution < 1.29 is 9.59 Å². The molecule has 148 valence electrons. The van der Waals surface area contributed by atoms with Crippen LogP contribution in [0.1, 0.15) is 27.2 Å². The Morgan fingerprint density at radius 2 is 1.81 bits per heavy atom. The smallest absolute Gasteiger partial charge is 0.227 e. The van der Waals surface area contributed by atoms with Crippen molar-refractivity contribution in [3.63, 3.8) is 0 Å². The molecule has 0 aliphatic carbocycles. The van der Waals surface area contributed by atoms with Crippen LogP contribution in [0.3, 0.4) is 0 Å². The number of piperazine rings is 1. The summed E-state index contributed by atoms with van der Waals surface area (Å²) < 4.78 is 0. The first-order chi connectivity index (χ1) is 12.9. The fourth-order valence-electron chi connectivity index (χ4n) is 3.97. The molecule has 2 aliphatic heterocycles. The molecule has 3 rings (SSSR count). The predicted molar refractivity (Wildman–Crippen MR) is 108 cm³/mol. The lowest BCUT2D eigenvalue weighted by Gasteiger charge is -2.44. The predicted octanol–water partition coefficient (Wildman–Crippen LogP) is 1.57. The monoisotopic (exact) mass is 372 g/mol. The van der Waals surface area contributed by atoms with Crippen LogP contribution < -0.4 is 10.2 Å². The average molecular weight is 373 g/mol. The van der Waals surface area contributed by atoms with Crippen molar-refractivity contribution in [3.8, 4) is 0 Å². The molecule has 6 heteroatoms. The van der Waals surface area contributed by atoms with E-state index in [4.69, 9.17) is 0 Å². The number of amides is 2. The van der Waals surface area contributed by atoms with Gasteiger partial charge in [-0.25, -0.2) is 0 Å². The molecule has 0 radical (unpaired) electrons. The molecule has 2 aliphatic rings. The third kappa shape index (κ3) is 4.68. The van der Waals surface area contributed by atoms with E-state index in [9.17, 15) is 9.59 Å². The molecular weight excluding hydrogens is 340 g/mol. The van der Waals surface area contributed by atoms with E-state index in [0.29, 0.717) is 13.1 Å². The molecule has 1 aromatic carbocycles. The van der Waals surface area contributed by atoms with Gasteiger partial charge in [0.1, 0.15) is 0 Å². The van der Waals surface area contributed by atoms with Gasteiger partial charge in [0.15, 0.2) is 0 Å². The molecule has 1 N–H and O–H groups in total. The van der Waals surface area contributed by atoms with Gasteiger partial charge in [-0.15, -0.1) is 0 Å².